The molecule has 1 amide bonds. The van der Waals surface area contributed by atoms with Crippen LogP contribution >= 0.6 is 43.5 Å². The molecular formula is C31H19Br2ClF3N3O4. The topological polar surface area (TPSA) is 92.8 Å². The Morgan fingerprint density at radius 1 is 1.00 bits per heavy atom. The van der Waals surface area contributed by atoms with Crippen molar-refractivity contribution in [2.75, 3.05) is 7.11 Å². The highest BCUT2D eigenvalue weighted by molar-refractivity contribution is 9.11. The van der Waals surface area contributed by atoms with Crippen molar-refractivity contribution in [1.82, 2.24) is 10.4 Å². The molecule has 0 bridgehead atoms. The number of nitrogens with one attached hydrogen (secondary N) is 2. The van der Waals surface area contributed by atoms with Crippen LogP contribution in [0, 0.1) is 0 Å². The molecular weight excluding hydrogens is 731 g/mol. The Kier molecular flexibility index (Phi) is 9.14. The quantitative estimate of drug-likeness (QED) is 0.0752. The molecule has 0 atom stereocenters. The minimum atomic E-state index is -4.68. The molecule has 4 aromatic carbocycles. The van der Waals surface area contributed by atoms with E-state index in [-0.39, 0.29) is 38.5 Å². The van der Waals surface area contributed by atoms with E-state index in [9.17, 15) is 22.8 Å². The highest BCUT2D eigenvalue weighted by Gasteiger charge is 2.35. The molecule has 0 fully saturated rings. The lowest BCUT2D eigenvalue weighted by atomic mass is 10.00. The number of aromatic nitrogens is 1. The summed E-state index contributed by atoms with van der Waals surface area (Å²) in [7, 11) is 1.47. The number of H-pyrrole nitrogens is 1. The average Bonchev–Trinajstić information content (AvgIpc) is 3.38. The molecule has 0 aliphatic carbocycles. The van der Waals surface area contributed by atoms with Crippen molar-refractivity contribution in [3.63, 3.8) is 0 Å². The van der Waals surface area contributed by atoms with E-state index in [4.69, 9.17) is 21.1 Å². The van der Waals surface area contributed by atoms with E-state index < -0.39 is 23.6 Å². The number of para-hydroxylation sites is 1. The van der Waals surface area contributed by atoms with Gasteiger partial charge in [-0.05, 0) is 58.4 Å². The predicted octanol–water partition coefficient (Wildman–Crippen LogP) is 9.02. The number of methoxy groups -OCH3 is 1. The number of alkyl halides is 3. The Hall–Kier alpha value is -4.13. The maximum Gasteiger partial charge on any atom is 0.418 e. The van der Waals surface area contributed by atoms with E-state index in [1.54, 1.807) is 54.6 Å². The number of hydrogen-bond donors (Lipinski definition) is 2. The number of amides is 1. The number of carbonyl (C=O) groups excluding carboxylic acids is 2. The number of benzene rings is 4. The number of ether oxygens (including phenoxy) is 2. The van der Waals surface area contributed by atoms with Crippen LogP contribution < -0.4 is 14.9 Å². The number of hydrazone groups is 1. The van der Waals surface area contributed by atoms with Crippen LogP contribution in [0.3, 0.4) is 0 Å². The monoisotopic (exact) mass is 747 g/mol. The van der Waals surface area contributed by atoms with E-state index >= 15 is 0 Å². The zero-order chi connectivity index (χ0) is 31.6. The molecule has 1 aromatic heterocycles. The van der Waals surface area contributed by atoms with Gasteiger partial charge in [-0.1, -0.05) is 63.9 Å². The Bertz CT molecular complexity index is 1940. The summed E-state index contributed by atoms with van der Waals surface area (Å²) in [6.07, 6.45) is -3.44. The molecule has 0 aliphatic rings. The molecule has 2 N–H and O–H groups in total. The molecule has 0 saturated carbocycles. The first-order valence-electron chi connectivity index (χ1n) is 12.6. The van der Waals surface area contributed by atoms with Crippen LogP contribution in [-0.4, -0.2) is 30.2 Å². The number of hydrogen-bond acceptors (Lipinski definition) is 5. The van der Waals surface area contributed by atoms with Crippen LogP contribution in [0.1, 0.15) is 32.0 Å². The maximum atomic E-state index is 13.9. The Balaban J connectivity index is 1.50. The summed E-state index contributed by atoms with van der Waals surface area (Å²) >= 11 is 13.2. The first-order valence-corrected chi connectivity index (χ1v) is 14.6. The number of carbonyl (C=O) groups is 2. The van der Waals surface area contributed by atoms with Crippen molar-refractivity contribution in [3.8, 4) is 22.6 Å². The molecule has 7 nitrogen and oxygen atoms in total. The average molecular weight is 750 g/mol. The van der Waals surface area contributed by atoms with Gasteiger partial charge < -0.3 is 14.5 Å². The van der Waals surface area contributed by atoms with Gasteiger partial charge in [-0.3, -0.25) is 4.79 Å². The number of esters is 1. The maximum absolute atomic E-state index is 13.9. The third-order valence-corrected chi connectivity index (χ3v) is 7.79. The Morgan fingerprint density at radius 2 is 1.75 bits per heavy atom. The van der Waals surface area contributed by atoms with Gasteiger partial charge in [0.1, 0.15) is 11.4 Å². The summed E-state index contributed by atoms with van der Waals surface area (Å²) < 4.78 is 53.4. The van der Waals surface area contributed by atoms with E-state index in [2.05, 4.69) is 47.4 Å². The molecule has 13 heteroatoms. The smallest absolute Gasteiger partial charge is 0.418 e. The normalized spacial score (nSPS) is 11.6. The van der Waals surface area contributed by atoms with Gasteiger partial charge in [0.15, 0.2) is 5.75 Å². The fourth-order valence-corrected chi connectivity index (χ4v) is 6.04. The van der Waals surface area contributed by atoms with Gasteiger partial charge in [0.05, 0.1) is 34.4 Å². The first kappa shape index (κ1) is 31.3. The van der Waals surface area contributed by atoms with Gasteiger partial charge in [-0.15, -0.1) is 0 Å². The summed E-state index contributed by atoms with van der Waals surface area (Å²) in [5.74, 6) is -0.927. The number of nitrogens with zero attached hydrogens (tertiary/aromatic N) is 1. The van der Waals surface area contributed by atoms with Crippen molar-refractivity contribution in [2.45, 2.75) is 6.18 Å². The minimum Gasteiger partial charge on any atom is -0.497 e. The van der Waals surface area contributed by atoms with Gasteiger partial charge in [-0.25, -0.2) is 10.2 Å². The number of halogens is 6. The van der Waals surface area contributed by atoms with E-state index in [0.29, 0.717) is 25.8 Å². The van der Waals surface area contributed by atoms with Crippen molar-refractivity contribution in [2.24, 2.45) is 5.10 Å². The van der Waals surface area contributed by atoms with Crippen LogP contribution in [0.4, 0.5) is 13.2 Å². The molecule has 0 aliphatic heterocycles. The lowest BCUT2D eigenvalue weighted by Crippen LogP contribution is -2.19. The highest BCUT2D eigenvalue weighted by Crippen LogP contribution is 2.41. The summed E-state index contributed by atoms with van der Waals surface area (Å²) in [4.78, 5) is 29.0. The summed E-state index contributed by atoms with van der Waals surface area (Å²) in [5.41, 5.74) is 2.03. The molecule has 1 heterocycles. The van der Waals surface area contributed by atoms with Crippen molar-refractivity contribution in [3.05, 3.63) is 115 Å². The van der Waals surface area contributed by atoms with Crippen LogP contribution in [0.5, 0.6) is 11.5 Å². The zero-order valence-electron chi connectivity index (χ0n) is 22.4. The zero-order valence-corrected chi connectivity index (χ0v) is 26.4. The minimum absolute atomic E-state index is 0.108. The van der Waals surface area contributed by atoms with Crippen LogP contribution in [0.25, 0.3) is 22.0 Å². The highest BCUT2D eigenvalue weighted by atomic mass is 79.9. The van der Waals surface area contributed by atoms with Crippen LogP contribution in [-0.2, 0) is 6.18 Å². The number of fused-ring (bicyclic) bond motifs is 1. The Labute approximate surface area is 270 Å². The van der Waals surface area contributed by atoms with Crippen molar-refractivity contribution in [1.29, 1.82) is 0 Å². The fraction of sp³-hybridized carbons (Fsp3) is 0.0645. The second-order valence-electron chi connectivity index (χ2n) is 9.21. The van der Waals surface area contributed by atoms with Gasteiger partial charge in [0.2, 0.25) is 0 Å². The second-order valence-corrected chi connectivity index (χ2v) is 11.4. The van der Waals surface area contributed by atoms with Gasteiger partial charge in [-0.2, -0.15) is 18.3 Å². The van der Waals surface area contributed by atoms with Crippen molar-refractivity contribution >= 4 is 72.5 Å². The SMILES string of the molecule is COc1cccc(C(=O)Oc2c(Br)cc(Br)cc2C=NNC(=O)c2[nH]c3c(C(F)(F)F)cccc3c2-c2ccccc2Cl)c1. The van der Waals surface area contributed by atoms with Crippen LogP contribution in [0.15, 0.2) is 92.9 Å². The lowest BCUT2D eigenvalue weighted by Gasteiger charge is -2.11. The van der Waals surface area contributed by atoms with Gasteiger partial charge in [0, 0.05) is 31.6 Å². The first-order chi connectivity index (χ1) is 21.0. The molecule has 5 rings (SSSR count). The van der Waals surface area contributed by atoms with E-state index in [1.807, 2.05) is 0 Å². The molecule has 0 unspecified atom stereocenters. The van der Waals surface area contributed by atoms with Gasteiger partial charge >= 0.3 is 12.1 Å². The molecule has 224 valence electrons. The fourth-order valence-electron chi connectivity index (χ4n) is 4.47. The molecule has 5 aromatic rings. The molecule has 0 saturated heterocycles. The van der Waals surface area contributed by atoms with E-state index in [1.165, 1.54) is 31.5 Å². The Morgan fingerprint density at radius 3 is 2.48 bits per heavy atom. The molecule has 44 heavy (non-hydrogen) atoms. The van der Waals surface area contributed by atoms with Crippen LogP contribution in [0.2, 0.25) is 5.02 Å². The van der Waals surface area contributed by atoms with E-state index in [0.717, 1.165) is 6.07 Å². The third-order valence-electron chi connectivity index (χ3n) is 6.42. The lowest BCUT2D eigenvalue weighted by molar-refractivity contribution is -0.136. The molecule has 0 spiro atoms. The molecule has 0 radical (unpaired) electrons. The largest absolute Gasteiger partial charge is 0.497 e. The second kappa shape index (κ2) is 12.8. The standard InChI is InChI=1S/C31H19Br2ClF3N3O4/c1-43-19-7-4-6-16(13-19)30(42)44-28-17(12-18(32)14-23(28)33)15-38-40-29(41)27-25(20-8-2-3-11-24(20)34)21-9-5-10-22(26(21)39-27)31(35,36)37/h2-15,39H,1H3,(H,40,41). The third kappa shape index (κ3) is 6.52. The van der Waals surface area contributed by atoms with Crippen molar-refractivity contribution < 1.29 is 32.2 Å². The number of rotatable bonds is 7. The summed E-state index contributed by atoms with van der Waals surface area (Å²) in [6, 6.07) is 19.8. The summed E-state index contributed by atoms with van der Waals surface area (Å²) in [5, 5.41) is 4.41. The summed E-state index contributed by atoms with van der Waals surface area (Å²) in [6.45, 7) is 0. The predicted molar refractivity (Wildman–Crippen MR) is 169 cm³/mol. The van der Waals surface area contributed by atoms with Gasteiger partial charge in [0.25, 0.3) is 5.91 Å². The number of aromatic amines is 1.